The Morgan fingerprint density at radius 3 is 2.50 bits per heavy atom. The van der Waals surface area contributed by atoms with Gasteiger partial charge in [0.25, 0.3) is 0 Å². The van der Waals surface area contributed by atoms with Crippen molar-refractivity contribution in [1.29, 1.82) is 0 Å². The molecule has 2 N–H and O–H groups in total. The molecule has 5 nitrogen and oxygen atoms in total. The van der Waals surface area contributed by atoms with E-state index >= 15 is 0 Å². The van der Waals surface area contributed by atoms with Gasteiger partial charge in [0, 0.05) is 25.2 Å². The van der Waals surface area contributed by atoms with Gasteiger partial charge in [0.2, 0.25) is 0 Å². The fourth-order valence-electron chi connectivity index (χ4n) is 2.18. The zero-order valence-electron chi connectivity index (χ0n) is 13.5. The standard InChI is InChI=1S/C15H29N5/c1-6-7-16-14-9-15(18-11-17-14)19-13(8-12(2)3)10-20(4)5/h9,11-13H,6-8,10H2,1-5H3,(H2,16,17,18,19). The maximum absolute atomic E-state index is 4.32. The van der Waals surface area contributed by atoms with Gasteiger partial charge in [-0.1, -0.05) is 20.8 Å². The highest BCUT2D eigenvalue weighted by atomic mass is 15.1. The van der Waals surface area contributed by atoms with Crippen molar-refractivity contribution >= 4 is 11.6 Å². The molecular formula is C15H29N5. The molecule has 1 rings (SSSR count). The molecule has 1 unspecified atom stereocenters. The van der Waals surface area contributed by atoms with Crippen molar-refractivity contribution in [2.24, 2.45) is 5.92 Å². The van der Waals surface area contributed by atoms with Gasteiger partial charge >= 0.3 is 0 Å². The quantitative estimate of drug-likeness (QED) is 0.728. The predicted octanol–water partition coefficient (Wildman–Crippen LogP) is 2.69. The molecule has 0 saturated carbocycles. The van der Waals surface area contributed by atoms with Crippen LogP contribution in [0.5, 0.6) is 0 Å². The second-order valence-corrected chi connectivity index (χ2v) is 5.95. The van der Waals surface area contributed by atoms with E-state index in [9.17, 15) is 0 Å². The van der Waals surface area contributed by atoms with Crippen LogP contribution in [-0.2, 0) is 0 Å². The first kappa shape index (κ1) is 16.7. The average Bonchev–Trinajstić information content (AvgIpc) is 2.35. The van der Waals surface area contributed by atoms with Crippen molar-refractivity contribution in [3.63, 3.8) is 0 Å². The summed E-state index contributed by atoms with van der Waals surface area (Å²) in [5.41, 5.74) is 0. The van der Waals surface area contributed by atoms with Crippen molar-refractivity contribution in [1.82, 2.24) is 14.9 Å². The molecule has 0 spiro atoms. The summed E-state index contributed by atoms with van der Waals surface area (Å²) < 4.78 is 0. The molecule has 0 amide bonds. The Morgan fingerprint density at radius 1 is 1.20 bits per heavy atom. The van der Waals surface area contributed by atoms with Gasteiger partial charge in [-0.3, -0.25) is 0 Å². The number of likely N-dealkylation sites (N-methyl/N-ethyl adjacent to an activating group) is 1. The number of hydrogen-bond acceptors (Lipinski definition) is 5. The molecule has 0 aromatic carbocycles. The van der Waals surface area contributed by atoms with Crippen LogP contribution in [0.15, 0.2) is 12.4 Å². The van der Waals surface area contributed by atoms with Crippen molar-refractivity contribution in [2.75, 3.05) is 37.8 Å². The molecule has 0 aliphatic carbocycles. The van der Waals surface area contributed by atoms with Crippen LogP contribution in [0.3, 0.4) is 0 Å². The Kier molecular flexibility index (Phi) is 7.30. The molecule has 20 heavy (non-hydrogen) atoms. The third kappa shape index (κ3) is 6.70. The fraction of sp³-hybridized carbons (Fsp3) is 0.733. The van der Waals surface area contributed by atoms with Gasteiger partial charge in [-0.05, 0) is 32.9 Å². The Morgan fingerprint density at radius 2 is 1.90 bits per heavy atom. The minimum absolute atomic E-state index is 0.402. The Balaban J connectivity index is 2.66. The van der Waals surface area contributed by atoms with Crippen LogP contribution >= 0.6 is 0 Å². The summed E-state index contributed by atoms with van der Waals surface area (Å²) in [5.74, 6) is 2.44. The van der Waals surface area contributed by atoms with Gasteiger partial charge in [-0.2, -0.15) is 0 Å². The highest BCUT2D eigenvalue weighted by Gasteiger charge is 2.12. The molecule has 0 aliphatic rings. The Labute approximate surface area is 123 Å². The lowest BCUT2D eigenvalue weighted by atomic mass is 10.0. The van der Waals surface area contributed by atoms with Crippen LogP contribution in [0, 0.1) is 5.92 Å². The third-order valence-electron chi connectivity index (χ3n) is 2.92. The van der Waals surface area contributed by atoms with Gasteiger partial charge in [-0.25, -0.2) is 9.97 Å². The monoisotopic (exact) mass is 279 g/mol. The number of anilines is 2. The smallest absolute Gasteiger partial charge is 0.131 e. The van der Waals surface area contributed by atoms with E-state index in [0.29, 0.717) is 12.0 Å². The molecule has 1 atom stereocenters. The lowest BCUT2D eigenvalue weighted by Gasteiger charge is -2.24. The summed E-state index contributed by atoms with van der Waals surface area (Å²) in [6.07, 6.45) is 3.83. The zero-order chi connectivity index (χ0) is 15.0. The highest BCUT2D eigenvalue weighted by molar-refractivity contribution is 5.46. The molecule has 0 aliphatic heterocycles. The number of hydrogen-bond donors (Lipinski definition) is 2. The van der Waals surface area contributed by atoms with Gasteiger partial charge in [-0.15, -0.1) is 0 Å². The summed E-state index contributed by atoms with van der Waals surface area (Å²) in [7, 11) is 4.20. The third-order valence-corrected chi connectivity index (χ3v) is 2.92. The van der Waals surface area contributed by atoms with Crippen molar-refractivity contribution in [2.45, 2.75) is 39.7 Å². The minimum atomic E-state index is 0.402. The molecule has 1 heterocycles. The van der Waals surface area contributed by atoms with E-state index in [1.807, 2.05) is 6.07 Å². The van der Waals surface area contributed by atoms with Crippen LogP contribution in [0.4, 0.5) is 11.6 Å². The summed E-state index contributed by atoms with van der Waals surface area (Å²) in [4.78, 5) is 10.8. The molecule has 1 aromatic rings. The predicted molar refractivity (Wildman–Crippen MR) is 86.2 cm³/mol. The van der Waals surface area contributed by atoms with Crippen LogP contribution in [0.25, 0.3) is 0 Å². The number of aromatic nitrogens is 2. The van der Waals surface area contributed by atoms with Crippen molar-refractivity contribution in [3.05, 3.63) is 12.4 Å². The molecule has 0 saturated heterocycles. The van der Waals surface area contributed by atoms with E-state index in [4.69, 9.17) is 0 Å². The lowest BCUT2D eigenvalue weighted by molar-refractivity contribution is 0.356. The first-order chi connectivity index (χ1) is 9.51. The van der Waals surface area contributed by atoms with Crippen molar-refractivity contribution in [3.8, 4) is 0 Å². The second-order valence-electron chi connectivity index (χ2n) is 5.95. The van der Waals surface area contributed by atoms with Crippen LogP contribution in [0.2, 0.25) is 0 Å². The molecule has 0 radical (unpaired) electrons. The second kappa shape index (κ2) is 8.74. The van der Waals surface area contributed by atoms with E-state index in [1.54, 1.807) is 6.33 Å². The first-order valence-corrected chi connectivity index (χ1v) is 7.48. The van der Waals surface area contributed by atoms with E-state index < -0.39 is 0 Å². The molecular weight excluding hydrogens is 250 g/mol. The van der Waals surface area contributed by atoms with Crippen LogP contribution in [-0.4, -0.2) is 48.1 Å². The van der Waals surface area contributed by atoms with Crippen LogP contribution in [0.1, 0.15) is 33.6 Å². The number of nitrogens with zero attached hydrogens (tertiary/aromatic N) is 3. The zero-order valence-corrected chi connectivity index (χ0v) is 13.5. The van der Waals surface area contributed by atoms with Gasteiger partial charge < -0.3 is 15.5 Å². The van der Waals surface area contributed by atoms with Crippen molar-refractivity contribution < 1.29 is 0 Å². The Hall–Kier alpha value is -1.36. The van der Waals surface area contributed by atoms with Gasteiger partial charge in [0.1, 0.15) is 18.0 Å². The van der Waals surface area contributed by atoms with E-state index in [2.05, 4.69) is 60.4 Å². The SMILES string of the molecule is CCCNc1cc(NC(CC(C)C)CN(C)C)ncn1. The first-order valence-electron chi connectivity index (χ1n) is 7.48. The summed E-state index contributed by atoms with van der Waals surface area (Å²) in [6, 6.07) is 2.39. The van der Waals surface area contributed by atoms with E-state index in [-0.39, 0.29) is 0 Å². The molecule has 1 aromatic heterocycles. The average molecular weight is 279 g/mol. The topological polar surface area (TPSA) is 53.1 Å². The summed E-state index contributed by atoms with van der Waals surface area (Å²) >= 11 is 0. The Bertz CT molecular complexity index is 368. The maximum Gasteiger partial charge on any atom is 0.131 e. The maximum atomic E-state index is 4.32. The van der Waals surface area contributed by atoms with Gasteiger partial charge in [0.15, 0.2) is 0 Å². The van der Waals surface area contributed by atoms with Gasteiger partial charge in [0.05, 0.1) is 0 Å². The summed E-state index contributed by atoms with van der Waals surface area (Å²) in [5, 5.41) is 6.81. The molecule has 114 valence electrons. The normalized spacial score (nSPS) is 12.8. The highest BCUT2D eigenvalue weighted by Crippen LogP contribution is 2.14. The lowest BCUT2D eigenvalue weighted by Crippen LogP contribution is -2.33. The molecule has 0 bridgehead atoms. The fourth-order valence-corrected chi connectivity index (χ4v) is 2.18. The number of nitrogens with one attached hydrogen (secondary N) is 2. The number of rotatable bonds is 9. The summed E-state index contributed by atoms with van der Waals surface area (Å²) in [6.45, 7) is 8.57. The minimum Gasteiger partial charge on any atom is -0.370 e. The van der Waals surface area contributed by atoms with E-state index in [1.165, 1.54) is 0 Å². The van der Waals surface area contributed by atoms with Crippen LogP contribution < -0.4 is 10.6 Å². The molecule has 5 heteroatoms. The molecule has 0 fully saturated rings. The van der Waals surface area contributed by atoms with E-state index in [0.717, 1.165) is 37.6 Å². The largest absolute Gasteiger partial charge is 0.370 e.